The molecule has 1 aromatic heterocycles. The van der Waals surface area contributed by atoms with E-state index in [1.54, 1.807) is 10.8 Å². The third-order valence-electron chi connectivity index (χ3n) is 8.79. The van der Waals surface area contributed by atoms with Gasteiger partial charge in [-0.2, -0.15) is 5.10 Å². The number of amides is 1. The Morgan fingerprint density at radius 1 is 1.00 bits per heavy atom. The zero-order valence-electron chi connectivity index (χ0n) is 21.1. The Hall–Kier alpha value is -3.29. The van der Waals surface area contributed by atoms with Gasteiger partial charge in [-0.15, -0.1) is 0 Å². The molecule has 37 heavy (non-hydrogen) atoms. The van der Waals surface area contributed by atoms with Gasteiger partial charge >= 0.3 is 5.69 Å². The van der Waals surface area contributed by atoms with Crippen molar-refractivity contribution in [1.29, 1.82) is 0 Å². The number of hydrogen-bond acceptors (Lipinski definition) is 3. The third-order valence-corrected chi connectivity index (χ3v) is 8.79. The van der Waals surface area contributed by atoms with Crippen molar-refractivity contribution in [2.24, 2.45) is 23.0 Å². The minimum absolute atomic E-state index is 0.00155. The Morgan fingerprint density at radius 2 is 1.68 bits per heavy atom. The molecule has 3 saturated carbocycles. The summed E-state index contributed by atoms with van der Waals surface area (Å²) in [7, 11) is 1.82. The summed E-state index contributed by atoms with van der Waals surface area (Å²) in [5.41, 5.74) is 2.38. The molecule has 8 heteroatoms. The largest absolute Gasteiger partial charge is 0.328 e. The highest BCUT2D eigenvalue weighted by atomic mass is 19.1. The molecule has 2 bridgehead atoms. The lowest BCUT2D eigenvalue weighted by molar-refractivity contribution is -0.220. The van der Waals surface area contributed by atoms with E-state index in [0.29, 0.717) is 12.0 Å². The number of carbonyl (C=O) groups excluding carboxylic acids is 1. The fraction of sp³-hybridized carbons (Fsp3) is 0.483. The number of hydrogen-bond donors (Lipinski definition) is 0. The third kappa shape index (κ3) is 4.01. The Morgan fingerprint density at radius 3 is 2.41 bits per heavy atom. The SMILES string of the molecule is Cn1c(=O)n(CCCCCCC23CC(C(=O)N4N=CCC4c4cc(F)cc(F)c4)(C2)C3)c2ccccc21. The molecule has 0 saturated heterocycles. The summed E-state index contributed by atoms with van der Waals surface area (Å²) in [6, 6.07) is 10.9. The van der Waals surface area contributed by atoms with Gasteiger partial charge in [0.2, 0.25) is 5.91 Å². The van der Waals surface area contributed by atoms with Gasteiger partial charge in [0.05, 0.1) is 22.5 Å². The maximum Gasteiger partial charge on any atom is 0.328 e. The van der Waals surface area contributed by atoms with Gasteiger partial charge in [0.25, 0.3) is 0 Å². The molecule has 0 spiro atoms. The first-order valence-corrected chi connectivity index (χ1v) is 13.3. The van der Waals surface area contributed by atoms with Gasteiger partial charge in [0.15, 0.2) is 0 Å². The van der Waals surface area contributed by atoms with E-state index >= 15 is 0 Å². The molecule has 2 aromatic carbocycles. The predicted molar refractivity (Wildman–Crippen MR) is 138 cm³/mol. The minimum Gasteiger partial charge on any atom is -0.295 e. The summed E-state index contributed by atoms with van der Waals surface area (Å²) in [6.07, 6.45) is 10.2. The Labute approximate surface area is 214 Å². The molecule has 2 heterocycles. The number of nitrogens with zero attached hydrogens (tertiary/aromatic N) is 4. The highest BCUT2D eigenvalue weighted by molar-refractivity contribution is 5.88. The van der Waals surface area contributed by atoms with E-state index in [-0.39, 0.29) is 22.4 Å². The molecule has 1 atom stereocenters. The molecule has 7 rings (SSSR count). The lowest BCUT2D eigenvalue weighted by Crippen LogP contribution is -2.67. The number of para-hydroxylation sites is 2. The van der Waals surface area contributed by atoms with Crippen LogP contribution in [0.3, 0.4) is 0 Å². The second kappa shape index (κ2) is 8.92. The van der Waals surface area contributed by atoms with Crippen LogP contribution in [0, 0.1) is 22.5 Å². The van der Waals surface area contributed by atoms with Crippen molar-refractivity contribution >= 4 is 23.2 Å². The smallest absolute Gasteiger partial charge is 0.295 e. The molecule has 3 aliphatic carbocycles. The van der Waals surface area contributed by atoms with Gasteiger partial charge in [-0.3, -0.25) is 13.9 Å². The van der Waals surface area contributed by atoms with Crippen molar-refractivity contribution in [3.63, 3.8) is 0 Å². The van der Waals surface area contributed by atoms with Gasteiger partial charge in [0.1, 0.15) is 11.6 Å². The van der Waals surface area contributed by atoms with Crippen LogP contribution in [0.25, 0.3) is 11.0 Å². The van der Waals surface area contributed by atoms with E-state index in [9.17, 15) is 18.4 Å². The fourth-order valence-corrected chi connectivity index (χ4v) is 7.09. The molecule has 1 aliphatic heterocycles. The van der Waals surface area contributed by atoms with Gasteiger partial charge in [-0.25, -0.2) is 18.6 Å². The number of benzene rings is 2. The topological polar surface area (TPSA) is 59.6 Å². The van der Waals surface area contributed by atoms with E-state index in [2.05, 4.69) is 5.10 Å². The van der Waals surface area contributed by atoms with Gasteiger partial charge < -0.3 is 0 Å². The molecular formula is C29H32F2N4O2. The lowest BCUT2D eigenvalue weighted by atomic mass is 9.33. The van der Waals surface area contributed by atoms with Gasteiger partial charge in [-0.1, -0.05) is 31.4 Å². The van der Waals surface area contributed by atoms with E-state index in [1.807, 2.05) is 35.9 Å². The summed E-state index contributed by atoms with van der Waals surface area (Å²) >= 11 is 0. The number of fused-ring (bicyclic) bond motifs is 1. The number of carbonyl (C=O) groups is 1. The number of aromatic nitrogens is 2. The van der Waals surface area contributed by atoms with Crippen molar-refractivity contribution in [2.45, 2.75) is 70.4 Å². The standard InChI is InChI=1S/C29H32F2N4O2/c1-33-24-8-4-5-9-25(24)34(27(33)37)13-7-3-2-6-11-28-17-29(18-28,19-28)26(36)35-23(10-12-32-35)20-14-21(30)16-22(31)15-20/h4-5,8-9,12,14-16,23H,2-3,6-7,10-11,13,17-19H2,1H3. The predicted octanol–water partition coefficient (Wildman–Crippen LogP) is 5.70. The number of halogens is 2. The number of aryl methyl sites for hydroxylation is 2. The maximum absolute atomic E-state index is 13.7. The molecule has 194 valence electrons. The summed E-state index contributed by atoms with van der Waals surface area (Å²) in [5, 5.41) is 5.75. The lowest BCUT2D eigenvalue weighted by Gasteiger charge is -2.70. The van der Waals surface area contributed by atoms with Crippen molar-refractivity contribution in [3.8, 4) is 0 Å². The van der Waals surface area contributed by atoms with Crippen LogP contribution in [-0.4, -0.2) is 26.3 Å². The number of imidazole rings is 1. The zero-order chi connectivity index (χ0) is 25.8. The molecule has 1 unspecified atom stereocenters. The average molecular weight is 507 g/mol. The molecule has 6 nitrogen and oxygen atoms in total. The quantitative estimate of drug-likeness (QED) is 0.350. The Balaban J connectivity index is 0.966. The van der Waals surface area contributed by atoms with Gasteiger partial charge in [0, 0.05) is 32.3 Å². The molecule has 3 aromatic rings. The molecule has 1 amide bonds. The fourth-order valence-electron chi connectivity index (χ4n) is 7.09. The highest BCUT2D eigenvalue weighted by Gasteiger charge is 2.71. The molecule has 0 radical (unpaired) electrons. The first-order chi connectivity index (χ1) is 17.8. The van der Waals surface area contributed by atoms with E-state index in [1.165, 1.54) is 17.1 Å². The molecule has 0 N–H and O–H groups in total. The van der Waals surface area contributed by atoms with E-state index in [0.717, 1.165) is 75.0 Å². The Kier molecular flexibility index (Phi) is 5.81. The van der Waals surface area contributed by atoms with E-state index < -0.39 is 17.7 Å². The summed E-state index contributed by atoms with van der Waals surface area (Å²) in [6.45, 7) is 0.732. The Bertz CT molecular complexity index is 1420. The van der Waals surface area contributed by atoms with Crippen LogP contribution in [0.5, 0.6) is 0 Å². The summed E-state index contributed by atoms with van der Waals surface area (Å²) in [5.74, 6) is -1.27. The molecular weight excluding hydrogens is 474 g/mol. The van der Waals surface area contributed by atoms with Crippen molar-refractivity contribution < 1.29 is 13.6 Å². The first kappa shape index (κ1) is 24.1. The van der Waals surface area contributed by atoms with Crippen LogP contribution < -0.4 is 5.69 Å². The van der Waals surface area contributed by atoms with Crippen LogP contribution in [0.2, 0.25) is 0 Å². The molecule has 4 aliphatic rings. The maximum atomic E-state index is 13.7. The molecule has 3 fully saturated rings. The van der Waals surface area contributed by atoms with Crippen LogP contribution in [-0.2, 0) is 18.4 Å². The monoisotopic (exact) mass is 506 g/mol. The van der Waals surface area contributed by atoms with Gasteiger partial charge in [-0.05, 0) is 67.3 Å². The highest BCUT2D eigenvalue weighted by Crippen LogP contribution is 2.76. The first-order valence-electron chi connectivity index (χ1n) is 13.3. The van der Waals surface area contributed by atoms with Crippen LogP contribution >= 0.6 is 0 Å². The van der Waals surface area contributed by atoms with Crippen LogP contribution in [0.4, 0.5) is 8.78 Å². The van der Waals surface area contributed by atoms with Crippen LogP contribution in [0.1, 0.15) is 69.4 Å². The van der Waals surface area contributed by atoms with Crippen molar-refractivity contribution in [2.75, 3.05) is 0 Å². The summed E-state index contributed by atoms with van der Waals surface area (Å²) in [4.78, 5) is 25.9. The number of hydrazone groups is 1. The number of rotatable bonds is 9. The van der Waals surface area contributed by atoms with Crippen LogP contribution in [0.15, 0.2) is 52.4 Å². The van der Waals surface area contributed by atoms with Crippen molar-refractivity contribution in [1.82, 2.24) is 14.1 Å². The normalized spacial score (nSPS) is 25.9. The summed E-state index contributed by atoms with van der Waals surface area (Å²) < 4.78 is 31.1. The second-order valence-electron chi connectivity index (χ2n) is 11.4. The van der Waals surface area contributed by atoms with Crippen molar-refractivity contribution in [3.05, 3.63) is 70.1 Å². The zero-order valence-corrected chi connectivity index (χ0v) is 21.1. The number of unbranched alkanes of at least 4 members (excludes halogenated alkanes) is 3. The second-order valence-corrected chi connectivity index (χ2v) is 11.4. The minimum atomic E-state index is -0.636. The average Bonchev–Trinajstić information content (AvgIpc) is 3.40. The van der Waals surface area contributed by atoms with E-state index in [4.69, 9.17) is 0 Å².